The predicted octanol–water partition coefficient (Wildman–Crippen LogP) is 3.04. The smallest absolute Gasteiger partial charge is 0.268 e. The molecule has 1 aromatic carbocycles. The first-order valence-electron chi connectivity index (χ1n) is 10.5. The molecule has 0 unspecified atom stereocenters. The Kier molecular flexibility index (Phi) is 6.74. The summed E-state index contributed by atoms with van der Waals surface area (Å²) in [4.78, 5) is 27.5. The first-order chi connectivity index (χ1) is 15.5. The lowest BCUT2D eigenvalue weighted by atomic mass is 10.1. The number of carbonyl (C=O) groups is 1. The number of hydrogen-bond donors (Lipinski definition) is 3. The van der Waals surface area contributed by atoms with E-state index < -0.39 is 6.04 Å². The number of aryl methyl sites for hydroxylation is 1. The number of hydrogen-bond acceptors (Lipinski definition) is 6. The van der Waals surface area contributed by atoms with E-state index in [1.54, 1.807) is 24.4 Å². The summed E-state index contributed by atoms with van der Waals surface area (Å²) in [6.07, 6.45) is 1.74. The van der Waals surface area contributed by atoms with Crippen molar-refractivity contribution in [1.29, 1.82) is 0 Å². The molecule has 3 heterocycles. The van der Waals surface area contributed by atoms with Gasteiger partial charge in [0.15, 0.2) is 0 Å². The van der Waals surface area contributed by atoms with Crippen molar-refractivity contribution in [2.45, 2.75) is 19.9 Å². The first kappa shape index (κ1) is 22.3. The van der Waals surface area contributed by atoms with Gasteiger partial charge in [0.25, 0.3) is 5.91 Å². The van der Waals surface area contributed by atoms with Crippen molar-refractivity contribution in [3.8, 4) is 11.3 Å². The molecule has 0 bridgehead atoms. The van der Waals surface area contributed by atoms with Crippen LogP contribution in [0, 0.1) is 13.8 Å². The number of halogens is 1. The zero-order valence-electron chi connectivity index (χ0n) is 18.1. The largest absolute Gasteiger partial charge is 0.394 e. The van der Waals surface area contributed by atoms with Gasteiger partial charge < -0.3 is 25.0 Å². The molecule has 2 aromatic heterocycles. The van der Waals surface area contributed by atoms with Crippen LogP contribution in [0.1, 0.15) is 33.4 Å². The average molecular weight is 456 g/mol. The number of nitrogens with zero attached hydrogens (tertiary/aromatic N) is 3. The Morgan fingerprint density at radius 3 is 2.81 bits per heavy atom. The van der Waals surface area contributed by atoms with Gasteiger partial charge in [0.2, 0.25) is 5.95 Å². The Hall–Kier alpha value is -2.94. The number of aliphatic hydroxyl groups is 1. The topological polar surface area (TPSA) is 103 Å². The van der Waals surface area contributed by atoms with Crippen molar-refractivity contribution >= 4 is 23.5 Å². The summed E-state index contributed by atoms with van der Waals surface area (Å²) in [5.74, 6) is 0.344. The van der Waals surface area contributed by atoms with Crippen molar-refractivity contribution in [1.82, 2.24) is 20.3 Å². The van der Waals surface area contributed by atoms with Gasteiger partial charge in [-0.05, 0) is 43.2 Å². The normalized spacial score (nSPS) is 14.9. The molecular weight excluding hydrogens is 430 g/mol. The molecule has 168 valence electrons. The third-order valence-corrected chi connectivity index (χ3v) is 5.83. The Labute approximate surface area is 191 Å². The average Bonchev–Trinajstić information content (AvgIpc) is 3.12. The number of rotatable bonds is 6. The molecule has 1 atom stereocenters. The summed E-state index contributed by atoms with van der Waals surface area (Å²) in [5, 5.41) is 13.3. The monoisotopic (exact) mass is 455 g/mol. The van der Waals surface area contributed by atoms with E-state index in [0.29, 0.717) is 29.9 Å². The maximum atomic E-state index is 13.1. The molecule has 1 amide bonds. The standard InChI is InChI=1S/C23H26ClN5O3/c1-14-20(18-6-7-25-23(28-18)29-8-10-32-11-9-29)15(2)26-21(14)22(31)27-19(13-30)16-4-3-5-17(24)12-16/h3-7,12,19,26,30H,8-11,13H2,1-2H3,(H,27,31)/t19-/m1/s1. The van der Waals surface area contributed by atoms with Crippen LogP contribution in [0.3, 0.4) is 0 Å². The van der Waals surface area contributed by atoms with Crippen LogP contribution in [0.15, 0.2) is 36.5 Å². The van der Waals surface area contributed by atoms with Gasteiger partial charge >= 0.3 is 0 Å². The molecule has 1 aliphatic rings. The van der Waals surface area contributed by atoms with Gasteiger partial charge in [0.1, 0.15) is 5.69 Å². The molecule has 8 nitrogen and oxygen atoms in total. The van der Waals surface area contributed by atoms with E-state index >= 15 is 0 Å². The molecular formula is C23H26ClN5O3. The molecule has 3 N–H and O–H groups in total. The summed E-state index contributed by atoms with van der Waals surface area (Å²) >= 11 is 6.06. The molecule has 9 heteroatoms. The van der Waals surface area contributed by atoms with Gasteiger partial charge in [-0.3, -0.25) is 4.79 Å². The first-order valence-corrected chi connectivity index (χ1v) is 10.9. The van der Waals surface area contributed by atoms with Crippen molar-refractivity contribution in [2.24, 2.45) is 0 Å². The highest BCUT2D eigenvalue weighted by molar-refractivity contribution is 6.30. The molecule has 1 fully saturated rings. The van der Waals surface area contributed by atoms with E-state index in [2.05, 4.69) is 20.2 Å². The van der Waals surface area contributed by atoms with E-state index in [-0.39, 0.29) is 12.5 Å². The van der Waals surface area contributed by atoms with Crippen LogP contribution in [0.25, 0.3) is 11.3 Å². The van der Waals surface area contributed by atoms with Crippen LogP contribution in [0.5, 0.6) is 0 Å². The van der Waals surface area contributed by atoms with Crippen LogP contribution in [-0.2, 0) is 4.74 Å². The second kappa shape index (κ2) is 9.68. The zero-order chi connectivity index (χ0) is 22.7. The Morgan fingerprint density at radius 2 is 2.09 bits per heavy atom. The highest BCUT2D eigenvalue weighted by Gasteiger charge is 2.23. The van der Waals surface area contributed by atoms with E-state index in [0.717, 1.165) is 41.2 Å². The summed E-state index contributed by atoms with van der Waals surface area (Å²) < 4.78 is 5.41. The van der Waals surface area contributed by atoms with E-state index in [1.165, 1.54) is 0 Å². The van der Waals surface area contributed by atoms with E-state index in [1.807, 2.05) is 26.0 Å². The summed E-state index contributed by atoms with van der Waals surface area (Å²) in [6, 6.07) is 8.36. The minimum absolute atomic E-state index is 0.244. The number of amides is 1. The molecule has 4 rings (SSSR count). The summed E-state index contributed by atoms with van der Waals surface area (Å²) in [5.41, 5.74) is 4.41. The van der Waals surface area contributed by atoms with Gasteiger partial charge in [-0.2, -0.15) is 0 Å². The van der Waals surface area contributed by atoms with Crippen molar-refractivity contribution in [3.05, 3.63) is 64.1 Å². The van der Waals surface area contributed by atoms with Gasteiger partial charge in [0, 0.05) is 35.6 Å². The Morgan fingerprint density at radius 1 is 1.31 bits per heavy atom. The van der Waals surface area contributed by atoms with Gasteiger partial charge in [0.05, 0.1) is 31.6 Å². The second-order valence-electron chi connectivity index (χ2n) is 7.73. The van der Waals surface area contributed by atoms with Crippen LogP contribution >= 0.6 is 11.6 Å². The number of aliphatic hydroxyl groups excluding tert-OH is 1. The molecule has 0 saturated carbocycles. The number of H-pyrrole nitrogens is 1. The summed E-state index contributed by atoms with van der Waals surface area (Å²) in [7, 11) is 0. The number of aromatic amines is 1. The second-order valence-corrected chi connectivity index (χ2v) is 8.17. The fraction of sp³-hybridized carbons (Fsp3) is 0.348. The molecule has 0 aliphatic carbocycles. The Balaban J connectivity index is 1.59. The molecule has 0 spiro atoms. The fourth-order valence-corrected chi connectivity index (χ4v) is 4.15. The fourth-order valence-electron chi connectivity index (χ4n) is 3.95. The highest BCUT2D eigenvalue weighted by Crippen LogP contribution is 2.29. The highest BCUT2D eigenvalue weighted by atomic mass is 35.5. The predicted molar refractivity (Wildman–Crippen MR) is 123 cm³/mol. The van der Waals surface area contributed by atoms with Crippen LogP contribution in [-0.4, -0.2) is 58.9 Å². The molecule has 32 heavy (non-hydrogen) atoms. The SMILES string of the molecule is Cc1[nH]c(C(=O)N[C@H](CO)c2cccc(Cl)c2)c(C)c1-c1ccnc(N2CCOCC2)n1. The minimum atomic E-state index is -0.570. The van der Waals surface area contributed by atoms with Gasteiger partial charge in [-0.1, -0.05) is 23.7 Å². The zero-order valence-corrected chi connectivity index (χ0v) is 18.8. The molecule has 1 saturated heterocycles. The number of carbonyl (C=O) groups excluding carboxylic acids is 1. The summed E-state index contributed by atoms with van der Waals surface area (Å²) in [6.45, 7) is 6.35. The number of morpholine rings is 1. The number of benzene rings is 1. The van der Waals surface area contributed by atoms with Crippen LogP contribution in [0.4, 0.5) is 5.95 Å². The van der Waals surface area contributed by atoms with Crippen LogP contribution < -0.4 is 10.2 Å². The Bertz CT molecular complexity index is 1110. The number of nitrogens with one attached hydrogen (secondary N) is 2. The minimum Gasteiger partial charge on any atom is -0.394 e. The third kappa shape index (κ3) is 4.62. The molecule has 0 radical (unpaired) electrons. The van der Waals surface area contributed by atoms with E-state index in [4.69, 9.17) is 21.3 Å². The third-order valence-electron chi connectivity index (χ3n) is 5.60. The lowest BCUT2D eigenvalue weighted by Crippen LogP contribution is -2.37. The lowest BCUT2D eigenvalue weighted by molar-refractivity contribution is 0.0911. The quantitative estimate of drug-likeness (QED) is 0.528. The molecule has 3 aromatic rings. The number of ether oxygens (including phenoxy) is 1. The molecule has 1 aliphatic heterocycles. The van der Waals surface area contributed by atoms with Crippen molar-refractivity contribution < 1.29 is 14.6 Å². The van der Waals surface area contributed by atoms with Crippen molar-refractivity contribution in [2.75, 3.05) is 37.8 Å². The number of anilines is 1. The van der Waals surface area contributed by atoms with Gasteiger partial charge in [-0.15, -0.1) is 0 Å². The number of aromatic nitrogens is 3. The van der Waals surface area contributed by atoms with Crippen LogP contribution in [0.2, 0.25) is 5.02 Å². The maximum absolute atomic E-state index is 13.1. The van der Waals surface area contributed by atoms with Crippen molar-refractivity contribution in [3.63, 3.8) is 0 Å². The maximum Gasteiger partial charge on any atom is 0.268 e. The van der Waals surface area contributed by atoms with Gasteiger partial charge in [-0.25, -0.2) is 9.97 Å². The van der Waals surface area contributed by atoms with E-state index in [9.17, 15) is 9.90 Å². The lowest BCUT2D eigenvalue weighted by Gasteiger charge is -2.26.